The minimum atomic E-state index is -0.291. The van der Waals surface area contributed by atoms with Crippen LogP contribution in [0.5, 0.6) is 5.75 Å². The molecule has 1 amide bonds. The lowest BCUT2D eigenvalue weighted by Crippen LogP contribution is -2.32. The van der Waals surface area contributed by atoms with Crippen molar-refractivity contribution in [3.63, 3.8) is 0 Å². The molecule has 2 aromatic rings. The van der Waals surface area contributed by atoms with Gasteiger partial charge in [0.15, 0.2) is 0 Å². The first-order valence-corrected chi connectivity index (χ1v) is 9.14. The summed E-state index contributed by atoms with van der Waals surface area (Å²) >= 11 is 6.27. The van der Waals surface area contributed by atoms with Gasteiger partial charge < -0.3 is 15.0 Å². The molecule has 4 nitrogen and oxygen atoms in total. The lowest BCUT2D eigenvalue weighted by molar-refractivity contribution is -0.127. The van der Waals surface area contributed by atoms with Crippen molar-refractivity contribution in [2.24, 2.45) is 0 Å². The van der Waals surface area contributed by atoms with Crippen molar-refractivity contribution in [2.45, 2.75) is 26.0 Å². The summed E-state index contributed by atoms with van der Waals surface area (Å²) in [6.07, 6.45) is 1.63. The highest BCUT2D eigenvalue weighted by atomic mass is 35.5. The number of benzene rings is 2. The van der Waals surface area contributed by atoms with E-state index in [1.54, 1.807) is 24.3 Å². The Bertz CT molecular complexity index is 769. The average molecular weight is 377 g/mol. The number of amides is 1. The second kappa shape index (κ2) is 9.01. The van der Waals surface area contributed by atoms with E-state index in [1.165, 1.54) is 6.07 Å². The van der Waals surface area contributed by atoms with Crippen LogP contribution in [0.25, 0.3) is 0 Å². The van der Waals surface area contributed by atoms with E-state index in [0.717, 1.165) is 31.6 Å². The zero-order valence-electron chi connectivity index (χ0n) is 14.5. The zero-order valence-corrected chi connectivity index (χ0v) is 15.3. The number of ether oxygens (including phenoxy) is 1. The van der Waals surface area contributed by atoms with Gasteiger partial charge in [0.2, 0.25) is 5.91 Å². The minimum Gasteiger partial charge on any atom is -0.487 e. The summed E-state index contributed by atoms with van der Waals surface area (Å²) in [5, 5.41) is 3.81. The summed E-state index contributed by atoms with van der Waals surface area (Å²) in [4.78, 5) is 13.4. The maximum Gasteiger partial charge on any atom is 0.222 e. The van der Waals surface area contributed by atoms with Crippen LogP contribution in [0.4, 0.5) is 4.39 Å². The molecule has 2 aromatic carbocycles. The van der Waals surface area contributed by atoms with Gasteiger partial charge in [0, 0.05) is 38.2 Å². The van der Waals surface area contributed by atoms with Gasteiger partial charge in [-0.1, -0.05) is 35.9 Å². The molecule has 3 rings (SSSR count). The number of likely N-dealkylation sites (tertiary alicyclic amines) is 1. The molecule has 0 bridgehead atoms. The van der Waals surface area contributed by atoms with Crippen LogP contribution in [-0.2, 0) is 17.9 Å². The van der Waals surface area contributed by atoms with Crippen molar-refractivity contribution in [2.75, 3.05) is 19.6 Å². The molecule has 138 valence electrons. The summed E-state index contributed by atoms with van der Waals surface area (Å²) in [6.45, 7) is 3.13. The number of nitrogens with zero attached hydrogens (tertiary/aromatic N) is 1. The molecule has 0 saturated carbocycles. The molecule has 0 spiro atoms. The van der Waals surface area contributed by atoms with Crippen LogP contribution < -0.4 is 10.1 Å². The van der Waals surface area contributed by atoms with Crippen molar-refractivity contribution in [3.05, 3.63) is 64.4 Å². The molecule has 1 aliphatic heterocycles. The predicted molar refractivity (Wildman–Crippen MR) is 99.7 cm³/mol. The van der Waals surface area contributed by atoms with Crippen LogP contribution in [0, 0.1) is 5.82 Å². The molecule has 1 heterocycles. The van der Waals surface area contributed by atoms with E-state index in [0.29, 0.717) is 29.3 Å². The van der Waals surface area contributed by atoms with Gasteiger partial charge in [0.25, 0.3) is 0 Å². The van der Waals surface area contributed by atoms with Crippen LogP contribution in [0.2, 0.25) is 5.02 Å². The molecule has 26 heavy (non-hydrogen) atoms. The molecular formula is C20H22ClFN2O2. The fraction of sp³-hybridized carbons (Fsp3) is 0.350. The van der Waals surface area contributed by atoms with E-state index in [4.69, 9.17) is 16.3 Å². The quantitative estimate of drug-likeness (QED) is 0.713. The van der Waals surface area contributed by atoms with Crippen molar-refractivity contribution in [3.8, 4) is 5.75 Å². The second-order valence-corrected chi connectivity index (χ2v) is 6.71. The van der Waals surface area contributed by atoms with Crippen LogP contribution in [0.1, 0.15) is 24.0 Å². The molecule has 6 heteroatoms. The lowest BCUT2D eigenvalue weighted by Gasteiger charge is -2.16. The van der Waals surface area contributed by atoms with Crippen molar-refractivity contribution >= 4 is 17.5 Å². The third-order valence-corrected chi connectivity index (χ3v) is 4.69. The summed E-state index contributed by atoms with van der Waals surface area (Å²) in [5.74, 6) is 0.480. The van der Waals surface area contributed by atoms with Crippen LogP contribution in [-0.4, -0.2) is 30.4 Å². The number of hydrogen-bond acceptors (Lipinski definition) is 3. The topological polar surface area (TPSA) is 41.6 Å². The van der Waals surface area contributed by atoms with Crippen molar-refractivity contribution in [1.29, 1.82) is 0 Å². The predicted octanol–water partition coefficient (Wildman–Crippen LogP) is 3.77. The van der Waals surface area contributed by atoms with Gasteiger partial charge in [0.1, 0.15) is 18.2 Å². The third-order valence-electron chi connectivity index (χ3n) is 4.40. The highest BCUT2D eigenvalue weighted by Crippen LogP contribution is 2.26. The first kappa shape index (κ1) is 18.7. The Morgan fingerprint density at radius 2 is 2.08 bits per heavy atom. The Balaban J connectivity index is 1.46. The van der Waals surface area contributed by atoms with E-state index in [9.17, 15) is 9.18 Å². The molecule has 1 fully saturated rings. The fourth-order valence-electron chi connectivity index (χ4n) is 2.93. The van der Waals surface area contributed by atoms with Crippen LogP contribution in [0.3, 0.4) is 0 Å². The fourth-order valence-corrected chi connectivity index (χ4v) is 3.19. The van der Waals surface area contributed by atoms with Gasteiger partial charge in [-0.3, -0.25) is 4.79 Å². The van der Waals surface area contributed by atoms with Gasteiger partial charge in [-0.25, -0.2) is 4.39 Å². The van der Waals surface area contributed by atoms with Gasteiger partial charge >= 0.3 is 0 Å². The average Bonchev–Trinajstić information content (AvgIpc) is 3.04. The van der Waals surface area contributed by atoms with Crippen molar-refractivity contribution in [1.82, 2.24) is 10.2 Å². The molecule has 0 atom stereocenters. The SMILES string of the molecule is O=C1CCCN1CCNCc1ccc(OCc2ccccc2F)c(Cl)c1. The Kier molecular flexibility index (Phi) is 6.47. The van der Waals surface area contributed by atoms with E-state index < -0.39 is 0 Å². The van der Waals surface area contributed by atoms with E-state index in [2.05, 4.69) is 5.32 Å². The largest absolute Gasteiger partial charge is 0.487 e. The van der Waals surface area contributed by atoms with Crippen LogP contribution in [0.15, 0.2) is 42.5 Å². The molecule has 0 unspecified atom stereocenters. The first-order chi connectivity index (χ1) is 12.6. The monoisotopic (exact) mass is 376 g/mol. The Hall–Kier alpha value is -2.11. The van der Waals surface area contributed by atoms with Crippen LogP contribution >= 0.6 is 11.6 Å². The van der Waals surface area contributed by atoms with E-state index in [-0.39, 0.29) is 18.3 Å². The number of carbonyl (C=O) groups is 1. The van der Waals surface area contributed by atoms with Gasteiger partial charge in [0.05, 0.1) is 5.02 Å². The summed E-state index contributed by atoms with van der Waals surface area (Å²) < 4.78 is 19.2. The normalized spacial score (nSPS) is 14.1. The zero-order chi connectivity index (χ0) is 18.4. The van der Waals surface area contributed by atoms with Gasteiger partial charge in [-0.15, -0.1) is 0 Å². The summed E-state index contributed by atoms with van der Waals surface area (Å²) in [7, 11) is 0. The standard InChI is InChI=1S/C20H22ClFN2O2/c21-17-12-15(13-23-9-11-24-10-3-6-20(24)25)7-8-19(17)26-14-16-4-1-2-5-18(16)22/h1-2,4-5,7-8,12,23H,3,6,9-11,13-14H2. The highest BCUT2D eigenvalue weighted by molar-refractivity contribution is 6.32. The minimum absolute atomic E-state index is 0.133. The van der Waals surface area contributed by atoms with E-state index >= 15 is 0 Å². The first-order valence-electron chi connectivity index (χ1n) is 8.76. The maximum absolute atomic E-state index is 13.6. The number of hydrogen-bond donors (Lipinski definition) is 1. The number of rotatable bonds is 8. The van der Waals surface area contributed by atoms with Gasteiger partial charge in [-0.2, -0.15) is 0 Å². The maximum atomic E-state index is 13.6. The molecular weight excluding hydrogens is 355 g/mol. The summed E-state index contributed by atoms with van der Waals surface area (Å²) in [5.41, 5.74) is 1.52. The molecule has 0 radical (unpaired) electrons. The molecule has 1 N–H and O–H groups in total. The Labute approximate surface area is 157 Å². The van der Waals surface area contributed by atoms with Crippen molar-refractivity contribution < 1.29 is 13.9 Å². The summed E-state index contributed by atoms with van der Waals surface area (Å²) in [6, 6.07) is 12.1. The molecule has 1 aliphatic rings. The Morgan fingerprint density at radius 1 is 1.23 bits per heavy atom. The molecule has 0 aromatic heterocycles. The second-order valence-electron chi connectivity index (χ2n) is 6.31. The van der Waals surface area contributed by atoms with Gasteiger partial charge in [-0.05, 0) is 30.2 Å². The number of carbonyl (C=O) groups excluding carboxylic acids is 1. The van der Waals surface area contributed by atoms with E-state index in [1.807, 2.05) is 17.0 Å². The third kappa shape index (κ3) is 4.96. The molecule has 1 saturated heterocycles. The highest BCUT2D eigenvalue weighted by Gasteiger charge is 2.18. The number of halogens is 2. The smallest absolute Gasteiger partial charge is 0.222 e. The Morgan fingerprint density at radius 3 is 2.81 bits per heavy atom. The number of nitrogens with one attached hydrogen (secondary N) is 1. The lowest BCUT2D eigenvalue weighted by atomic mass is 10.2. The molecule has 0 aliphatic carbocycles.